The van der Waals surface area contributed by atoms with Crippen LogP contribution in [0.15, 0.2) is 42.7 Å². The number of carbonyl (C=O) groups is 2. The molecule has 1 amide bonds. The fourth-order valence-electron chi connectivity index (χ4n) is 3.11. The minimum absolute atomic E-state index is 0.00225. The van der Waals surface area contributed by atoms with Crippen LogP contribution >= 0.6 is 0 Å². The highest BCUT2D eigenvalue weighted by molar-refractivity contribution is 5.70. The highest BCUT2D eigenvalue weighted by Gasteiger charge is 2.27. The van der Waals surface area contributed by atoms with Gasteiger partial charge in [0.2, 0.25) is 0 Å². The third-order valence-corrected chi connectivity index (χ3v) is 4.59. The predicted molar refractivity (Wildman–Crippen MR) is 113 cm³/mol. The number of hydrogen-bond acceptors (Lipinski definition) is 4. The molecule has 0 bridgehead atoms. The van der Waals surface area contributed by atoms with Crippen LogP contribution in [0.5, 0.6) is 0 Å². The van der Waals surface area contributed by atoms with Gasteiger partial charge in [0.05, 0.1) is 6.04 Å². The molecule has 6 heteroatoms. The lowest BCUT2D eigenvalue weighted by atomic mass is 9.97. The zero-order valence-corrected chi connectivity index (χ0v) is 17.8. The van der Waals surface area contributed by atoms with Crippen molar-refractivity contribution in [2.75, 3.05) is 6.54 Å². The predicted octanol–water partition coefficient (Wildman–Crippen LogP) is 5.22. The molecule has 1 aromatic heterocycles. The van der Waals surface area contributed by atoms with E-state index >= 15 is 0 Å². The number of amides is 1. The SMILES string of the molecule is Cc1cnccc1-c1cccc([C@H](C)N(CCCC(=O)O)C(=O)OC(C)(C)C)c1. The van der Waals surface area contributed by atoms with Gasteiger partial charge in [-0.1, -0.05) is 18.2 Å². The summed E-state index contributed by atoms with van der Waals surface area (Å²) in [6.45, 7) is 9.70. The highest BCUT2D eigenvalue weighted by atomic mass is 16.6. The lowest BCUT2D eigenvalue weighted by molar-refractivity contribution is -0.137. The molecule has 156 valence electrons. The summed E-state index contributed by atoms with van der Waals surface area (Å²) >= 11 is 0. The first-order valence-corrected chi connectivity index (χ1v) is 9.81. The molecule has 0 aliphatic rings. The average Bonchev–Trinajstić information content (AvgIpc) is 2.63. The third-order valence-electron chi connectivity index (χ3n) is 4.59. The van der Waals surface area contributed by atoms with Crippen molar-refractivity contribution in [2.24, 2.45) is 0 Å². The number of carboxylic acid groups (broad SMARTS) is 1. The van der Waals surface area contributed by atoms with Gasteiger partial charge in [0.25, 0.3) is 0 Å². The molecular weight excluding hydrogens is 368 g/mol. The average molecular weight is 399 g/mol. The Morgan fingerprint density at radius 3 is 2.59 bits per heavy atom. The Balaban J connectivity index is 2.30. The number of aromatic nitrogens is 1. The van der Waals surface area contributed by atoms with E-state index in [-0.39, 0.29) is 12.5 Å². The van der Waals surface area contributed by atoms with E-state index in [0.717, 1.165) is 22.3 Å². The molecule has 2 rings (SSSR count). The Morgan fingerprint density at radius 1 is 1.24 bits per heavy atom. The standard InChI is InChI=1S/C23H30N2O4/c1-16-15-24-12-11-20(16)19-9-6-8-18(14-19)17(2)25(13-7-10-21(26)27)22(28)29-23(3,4)5/h6,8-9,11-12,14-15,17H,7,10,13H2,1-5H3,(H,26,27)/t17-/m0/s1. The quantitative estimate of drug-likeness (QED) is 0.692. The van der Waals surface area contributed by atoms with Gasteiger partial charge in [-0.3, -0.25) is 9.78 Å². The lowest BCUT2D eigenvalue weighted by Crippen LogP contribution is -2.39. The smallest absolute Gasteiger partial charge is 0.410 e. The molecule has 1 aromatic carbocycles. The monoisotopic (exact) mass is 398 g/mol. The van der Waals surface area contributed by atoms with Crippen molar-refractivity contribution in [1.29, 1.82) is 0 Å². The van der Waals surface area contributed by atoms with Gasteiger partial charge in [-0.25, -0.2) is 4.79 Å². The fourth-order valence-corrected chi connectivity index (χ4v) is 3.11. The summed E-state index contributed by atoms with van der Waals surface area (Å²) in [4.78, 5) is 29.5. The van der Waals surface area contributed by atoms with Gasteiger partial charge in [-0.05, 0) is 75.4 Å². The second-order valence-corrected chi connectivity index (χ2v) is 8.16. The number of benzene rings is 1. The molecule has 29 heavy (non-hydrogen) atoms. The van der Waals surface area contributed by atoms with Gasteiger partial charge < -0.3 is 14.7 Å². The number of carbonyl (C=O) groups excluding carboxylic acids is 1. The summed E-state index contributed by atoms with van der Waals surface area (Å²) in [5, 5.41) is 8.96. The van der Waals surface area contributed by atoms with Crippen LogP contribution in [0.2, 0.25) is 0 Å². The molecule has 0 radical (unpaired) electrons. The van der Waals surface area contributed by atoms with Gasteiger partial charge in [-0.15, -0.1) is 0 Å². The van der Waals surface area contributed by atoms with Crippen LogP contribution in [0.3, 0.4) is 0 Å². The van der Waals surface area contributed by atoms with E-state index < -0.39 is 17.7 Å². The molecule has 0 unspecified atom stereocenters. The van der Waals surface area contributed by atoms with Crippen molar-refractivity contribution in [2.45, 2.75) is 59.1 Å². The Labute approximate surface area is 172 Å². The number of rotatable bonds is 7. The van der Waals surface area contributed by atoms with Crippen molar-refractivity contribution in [3.05, 3.63) is 53.9 Å². The summed E-state index contributed by atoms with van der Waals surface area (Å²) in [7, 11) is 0. The van der Waals surface area contributed by atoms with E-state index in [1.807, 2.05) is 65.1 Å². The molecule has 0 saturated carbocycles. The van der Waals surface area contributed by atoms with Gasteiger partial charge in [0.1, 0.15) is 5.60 Å². The van der Waals surface area contributed by atoms with E-state index in [4.69, 9.17) is 9.84 Å². The minimum atomic E-state index is -0.878. The molecular formula is C23H30N2O4. The normalized spacial score (nSPS) is 12.3. The number of ether oxygens (including phenoxy) is 1. The first-order valence-electron chi connectivity index (χ1n) is 9.81. The van der Waals surface area contributed by atoms with Crippen molar-refractivity contribution < 1.29 is 19.4 Å². The van der Waals surface area contributed by atoms with Gasteiger partial charge >= 0.3 is 12.1 Å². The maximum absolute atomic E-state index is 12.8. The Kier molecular flexibility index (Phi) is 7.37. The second-order valence-electron chi connectivity index (χ2n) is 8.16. The topological polar surface area (TPSA) is 79.7 Å². The fraction of sp³-hybridized carbons (Fsp3) is 0.435. The number of aliphatic carboxylic acids is 1. The number of aryl methyl sites for hydroxylation is 1. The molecule has 1 atom stereocenters. The van der Waals surface area contributed by atoms with Gasteiger partial charge in [0, 0.05) is 25.4 Å². The van der Waals surface area contributed by atoms with Gasteiger partial charge in [0.15, 0.2) is 0 Å². The largest absolute Gasteiger partial charge is 0.481 e. The van der Waals surface area contributed by atoms with E-state index in [1.165, 1.54) is 0 Å². The molecule has 0 aliphatic carbocycles. The minimum Gasteiger partial charge on any atom is -0.481 e. The molecule has 0 spiro atoms. The van der Waals surface area contributed by atoms with Crippen molar-refractivity contribution in [1.82, 2.24) is 9.88 Å². The summed E-state index contributed by atoms with van der Waals surface area (Å²) in [5.41, 5.74) is 3.54. The maximum atomic E-state index is 12.8. The van der Waals surface area contributed by atoms with Crippen molar-refractivity contribution in [3.63, 3.8) is 0 Å². The number of hydrogen-bond donors (Lipinski definition) is 1. The van der Waals surface area contributed by atoms with E-state index in [1.54, 1.807) is 11.1 Å². The van der Waals surface area contributed by atoms with Gasteiger partial charge in [-0.2, -0.15) is 0 Å². The lowest BCUT2D eigenvalue weighted by Gasteiger charge is -2.32. The molecule has 2 aromatic rings. The van der Waals surface area contributed by atoms with Crippen LogP contribution in [-0.4, -0.2) is 39.2 Å². The van der Waals surface area contributed by atoms with Crippen LogP contribution in [0.4, 0.5) is 4.79 Å². The van der Waals surface area contributed by atoms with Crippen LogP contribution in [0.1, 0.15) is 57.7 Å². The highest BCUT2D eigenvalue weighted by Crippen LogP contribution is 2.29. The van der Waals surface area contributed by atoms with Crippen LogP contribution < -0.4 is 0 Å². The van der Waals surface area contributed by atoms with Crippen molar-refractivity contribution in [3.8, 4) is 11.1 Å². The first kappa shape index (κ1) is 22.4. The zero-order chi connectivity index (χ0) is 21.6. The third kappa shape index (κ3) is 6.59. The van der Waals surface area contributed by atoms with Crippen LogP contribution in [0.25, 0.3) is 11.1 Å². The molecule has 0 saturated heterocycles. The molecule has 6 nitrogen and oxygen atoms in total. The summed E-state index contributed by atoms with van der Waals surface area (Å²) in [6.07, 6.45) is 3.51. The Morgan fingerprint density at radius 2 is 1.97 bits per heavy atom. The number of pyridine rings is 1. The first-order chi connectivity index (χ1) is 13.6. The summed E-state index contributed by atoms with van der Waals surface area (Å²) < 4.78 is 5.57. The van der Waals surface area contributed by atoms with Crippen LogP contribution in [-0.2, 0) is 9.53 Å². The summed E-state index contributed by atoms with van der Waals surface area (Å²) in [6, 6.07) is 9.73. The van der Waals surface area contributed by atoms with Crippen LogP contribution in [0, 0.1) is 6.92 Å². The number of carboxylic acids is 1. The Hall–Kier alpha value is -2.89. The second kappa shape index (κ2) is 9.54. The Bertz CT molecular complexity index is 858. The molecule has 1 heterocycles. The molecule has 0 fully saturated rings. The van der Waals surface area contributed by atoms with E-state index in [2.05, 4.69) is 11.1 Å². The number of nitrogens with zero attached hydrogens (tertiary/aromatic N) is 2. The molecule has 0 aliphatic heterocycles. The zero-order valence-electron chi connectivity index (χ0n) is 17.8. The van der Waals surface area contributed by atoms with Crippen molar-refractivity contribution >= 4 is 12.1 Å². The summed E-state index contributed by atoms with van der Waals surface area (Å²) in [5.74, 6) is -0.878. The van der Waals surface area contributed by atoms with E-state index in [9.17, 15) is 9.59 Å². The maximum Gasteiger partial charge on any atom is 0.410 e. The van der Waals surface area contributed by atoms with E-state index in [0.29, 0.717) is 13.0 Å². The molecule has 1 N–H and O–H groups in total.